The molecular weight excluding hydrogens is 328 g/mol. The van der Waals surface area contributed by atoms with Crippen LogP contribution in [0.1, 0.15) is 55.1 Å². The first-order valence-electron chi connectivity index (χ1n) is 9.52. The summed E-state index contributed by atoms with van der Waals surface area (Å²) in [6.07, 6.45) is -0.276. The summed E-state index contributed by atoms with van der Waals surface area (Å²) in [5, 5.41) is 11.2. The molecule has 0 amide bonds. The van der Waals surface area contributed by atoms with Crippen molar-refractivity contribution in [1.82, 2.24) is 9.13 Å². The fourth-order valence-electron chi connectivity index (χ4n) is 5.04. The third-order valence-electron chi connectivity index (χ3n) is 6.07. The second-order valence-corrected chi connectivity index (χ2v) is 8.40. The predicted molar refractivity (Wildman–Crippen MR) is 100 cm³/mol. The van der Waals surface area contributed by atoms with Crippen molar-refractivity contribution in [1.29, 1.82) is 0 Å². The maximum absolute atomic E-state index is 11.2. The number of aliphatic hydroxyl groups excluding tert-OH is 1. The van der Waals surface area contributed by atoms with Crippen LogP contribution in [0.4, 0.5) is 0 Å². The van der Waals surface area contributed by atoms with E-state index in [0.29, 0.717) is 0 Å². The topological polar surface area (TPSA) is 48.5 Å². The molecule has 1 aliphatic carbocycles. The van der Waals surface area contributed by atoms with E-state index in [0.717, 1.165) is 6.42 Å². The van der Waals surface area contributed by atoms with Gasteiger partial charge in [-0.25, -0.2) is 0 Å². The van der Waals surface area contributed by atoms with Crippen LogP contribution < -0.4 is 0 Å². The Hall–Kier alpha value is -1.56. The summed E-state index contributed by atoms with van der Waals surface area (Å²) in [5.41, 5.74) is 4.78. The van der Waals surface area contributed by atoms with Crippen molar-refractivity contribution < 1.29 is 14.6 Å². The lowest BCUT2D eigenvalue weighted by Crippen LogP contribution is -2.51. The molecule has 5 atom stereocenters. The van der Waals surface area contributed by atoms with Crippen molar-refractivity contribution in [3.8, 4) is 0 Å². The molecule has 2 aromatic heterocycles. The van der Waals surface area contributed by atoms with Crippen molar-refractivity contribution in [3.63, 3.8) is 0 Å². The van der Waals surface area contributed by atoms with Crippen LogP contribution in [0.5, 0.6) is 0 Å². The number of nitrogens with zero attached hydrogens (tertiary/aromatic N) is 2. The Kier molecular flexibility index (Phi) is 4.10. The Morgan fingerprint density at radius 2 is 1.23 bits per heavy atom. The first kappa shape index (κ1) is 17.8. The molecule has 2 aliphatic rings. The van der Waals surface area contributed by atoms with E-state index in [9.17, 15) is 5.11 Å². The number of rotatable bonds is 2. The average Bonchev–Trinajstić information content (AvgIpc) is 3.18. The van der Waals surface area contributed by atoms with Gasteiger partial charge in [0.1, 0.15) is 18.3 Å². The molecule has 5 nitrogen and oxygen atoms in total. The Morgan fingerprint density at radius 3 is 1.73 bits per heavy atom. The highest BCUT2D eigenvalue weighted by Crippen LogP contribution is 2.47. The molecule has 2 aromatic rings. The fourth-order valence-corrected chi connectivity index (χ4v) is 5.04. The monoisotopic (exact) mass is 358 g/mol. The van der Waals surface area contributed by atoms with Gasteiger partial charge in [-0.1, -0.05) is 0 Å². The number of aliphatic hydroxyl groups is 1. The summed E-state index contributed by atoms with van der Waals surface area (Å²) >= 11 is 0. The minimum atomic E-state index is -0.681. The summed E-state index contributed by atoms with van der Waals surface area (Å²) in [7, 11) is 0. The zero-order valence-corrected chi connectivity index (χ0v) is 16.6. The molecular formula is C21H30N2O3. The molecule has 1 saturated heterocycles. The number of hydrogen-bond donors (Lipinski definition) is 1. The average molecular weight is 358 g/mol. The van der Waals surface area contributed by atoms with E-state index in [1.165, 1.54) is 22.8 Å². The molecule has 142 valence electrons. The number of fused-ring (bicyclic) bond motifs is 1. The van der Waals surface area contributed by atoms with E-state index in [2.05, 4.69) is 61.1 Å². The molecule has 5 heteroatoms. The highest BCUT2D eigenvalue weighted by Gasteiger charge is 2.55. The van der Waals surface area contributed by atoms with Crippen LogP contribution in [0.2, 0.25) is 0 Å². The van der Waals surface area contributed by atoms with Gasteiger partial charge < -0.3 is 23.7 Å². The molecule has 5 unspecified atom stereocenters. The molecule has 26 heavy (non-hydrogen) atoms. The van der Waals surface area contributed by atoms with E-state index in [4.69, 9.17) is 9.47 Å². The summed E-state index contributed by atoms with van der Waals surface area (Å²) in [5.74, 6) is -0.681. The van der Waals surface area contributed by atoms with Gasteiger partial charge >= 0.3 is 0 Å². The molecule has 0 bridgehead atoms. The summed E-state index contributed by atoms with van der Waals surface area (Å²) < 4.78 is 17.1. The van der Waals surface area contributed by atoms with Crippen molar-refractivity contribution in [2.24, 2.45) is 0 Å². The molecule has 2 fully saturated rings. The summed E-state index contributed by atoms with van der Waals surface area (Å²) in [6.45, 7) is 12.3. The first-order valence-corrected chi connectivity index (χ1v) is 9.52. The van der Waals surface area contributed by atoms with Gasteiger partial charge in [0.05, 0.1) is 12.1 Å². The van der Waals surface area contributed by atoms with Gasteiger partial charge in [0.25, 0.3) is 0 Å². The molecule has 0 aromatic carbocycles. The van der Waals surface area contributed by atoms with E-state index >= 15 is 0 Å². The lowest BCUT2D eigenvalue weighted by atomic mass is 9.83. The normalized spacial score (nSPS) is 33.4. The first-order chi connectivity index (χ1) is 12.2. The van der Waals surface area contributed by atoms with Crippen LogP contribution in [-0.2, 0) is 9.47 Å². The zero-order valence-electron chi connectivity index (χ0n) is 16.6. The van der Waals surface area contributed by atoms with Gasteiger partial charge in [-0.3, -0.25) is 0 Å². The van der Waals surface area contributed by atoms with E-state index in [1.54, 1.807) is 0 Å². The predicted octanol–water partition coefficient (Wildman–Crippen LogP) is 3.59. The standard InChI is InChI=1S/C21H30N2O3/c1-12-7-8-13(2)22(12)16-11-17(23-14(3)9-10-15(23)4)19-20(18(16)24)26-21(5,6)25-19/h7-10,16-20,24H,11H2,1-6H3. The highest BCUT2D eigenvalue weighted by molar-refractivity contribution is 5.20. The van der Waals surface area contributed by atoms with Gasteiger partial charge in [-0.05, 0) is 72.2 Å². The third-order valence-corrected chi connectivity index (χ3v) is 6.07. The summed E-state index contributed by atoms with van der Waals surface area (Å²) in [4.78, 5) is 0. The van der Waals surface area contributed by atoms with Gasteiger partial charge in [0.2, 0.25) is 0 Å². The summed E-state index contributed by atoms with van der Waals surface area (Å²) in [6, 6.07) is 8.63. The van der Waals surface area contributed by atoms with Crippen LogP contribution in [-0.4, -0.2) is 38.3 Å². The van der Waals surface area contributed by atoms with Crippen LogP contribution in [0.25, 0.3) is 0 Å². The molecule has 0 spiro atoms. The maximum Gasteiger partial charge on any atom is 0.164 e. The lowest BCUT2D eigenvalue weighted by Gasteiger charge is -2.43. The Morgan fingerprint density at radius 1 is 0.808 bits per heavy atom. The van der Waals surface area contributed by atoms with Gasteiger partial charge in [-0.2, -0.15) is 0 Å². The number of ether oxygens (including phenoxy) is 2. The van der Waals surface area contributed by atoms with Gasteiger partial charge in [-0.15, -0.1) is 0 Å². The third kappa shape index (κ3) is 2.65. The molecule has 1 aliphatic heterocycles. The number of aromatic nitrogens is 2. The van der Waals surface area contributed by atoms with Crippen molar-refractivity contribution in [3.05, 3.63) is 47.0 Å². The lowest BCUT2D eigenvalue weighted by molar-refractivity contribution is -0.155. The van der Waals surface area contributed by atoms with Gasteiger partial charge in [0.15, 0.2) is 5.79 Å². The van der Waals surface area contributed by atoms with Crippen molar-refractivity contribution in [2.75, 3.05) is 0 Å². The molecule has 1 saturated carbocycles. The van der Waals surface area contributed by atoms with E-state index in [-0.39, 0.29) is 24.3 Å². The quantitative estimate of drug-likeness (QED) is 0.892. The smallest absolute Gasteiger partial charge is 0.164 e. The molecule has 4 rings (SSSR count). The minimum Gasteiger partial charge on any atom is -0.388 e. The number of aryl methyl sites for hydroxylation is 4. The van der Waals surface area contributed by atoms with Crippen molar-refractivity contribution in [2.45, 2.75) is 84.1 Å². The Balaban J connectivity index is 1.80. The Labute approximate surface area is 155 Å². The van der Waals surface area contributed by atoms with Crippen LogP contribution in [0.3, 0.4) is 0 Å². The van der Waals surface area contributed by atoms with E-state index in [1.807, 2.05) is 13.8 Å². The minimum absolute atomic E-state index is 0.0325. The molecule has 0 radical (unpaired) electrons. The second kappa shape index (κ2) is 5.98. The van der Waals surface area contributed by atoms with Crippen molar-refractivity contribution >= 4 is 0 Å². The number of hydrogen-bond acceptors (Lipinski definition) is 3. The SMILES string of the molecule is Cc1ccc(C)n1C1CC(n2c(C)ccc2C)C2OC(C)(C)OC2C1O. The van der Waals surface area contributed by atoms with Crippen LogP contribution in [0.15, 0.2) is 24.3 Å². The molecule has 1 N–H and O–H groups in total. The van der Waals surface area contributed by atoms with Crippen LogP contribution >= 0.6 is 0 Å². The molecule has 3 heterocycles. The Bertz CT molecular complexity index is 780. The zero-order chi connectivity index (χ0) is 18.8. The fraction of sp³-hybridized carbons (Fsp3) is 0.619. The maximum atomic E-state index is 11.2. The van der Waals surface area contributed by atoms with Gasteiger partial charge in [0, 0.05) is 22.8 Å². The second-order valence-electron chi connectivity index (χ2n) is 8.40. The van der Waals surface area contributed by atoms with E-state index < -0.39 is 11.9 Å². The highest BCUT2D eigenvalue weighted by atomic mass is 16.8. The van der Waals surface area contributed by atoms with Crippen LogP contribution in [0, 0.1) is 27.7 Å². The largest absolute Gasteiger partial charge is 0.388 e.